The van der Waals surface area contributed by atoms with E-state index in [2.05, 4.69) is 23.1 Å². The van der Waals surface area contributed by atoms with Crippen LogP contribution in [-0.2, 0) is 0 Å². The van der Waals surface area contributed by atoms with Gasteiger partial charge in [0.05, 0.1) is 6.61 Å². The van der Waals surface area contributed by atoms with Crippen molar-refractivity contribution >= 4 is 22.4 Å². The van der Waals surface area contributed by atoms with Crippen molar-refractivity contribution in [1.82, 2.24) is 4.37 Å². The zero-order valence-corrected chi connectivity index (χ0v) is 11.1. The monoisotopic (exact) mass is 243 g/mol. The number of hydrogen-bond acceptors (Lipinski definition) is 5. The summed E-state index contributed by atoms with van der Waals surface area (Å²) in [5.74, 6) is 1.27. The molecule has 4 nitrogen and oxygen atoms in total. The van der Waals surface area contributed by atoms with Crippen molar-refractivity contribution in [3.8, 4) is 5.75 Å². The lowest BCUT2D eigenvalue weighted by atomic mass is 10.3. The van der Waals surface area contributed by atoms with Gasteiger partial charge in [-0.15, -0.1) is 0 Å². The molecule has 0 bridgehead atoms. The highest BCUT2D eigenvalue weighted by molar-refractivity contribution is 7.11. The van der Waals surface area contributed by atoms with Gasteiger partial charge < -0.3 is 15.4 Å². The third-order valence-electron chi connectivity index (χ3n) is 2.22. The van der Waals surface area contributed by atoms with Gasteiger partial charge in [0.25, 0.3) is 0 Å². The largest absolute Gasteiger partial charge is 0.487 e. The standard InChI is InChI=1S/C11H21N3OS/c1-4-7-14(8-5-2)11-9(15-6-3)10(12)13-16-11/h4-8H2,1-3H3,(H2,12,13). The first-order valence-corrected chi connectivity index (χ1v) is 6.64. The van der Waals surface area contributed by atoms with Crippen LogP contribution in [-0.4, -0.2) is 24.1 Å². The molecule has 1 aromatic rings. The first-order valence-electron chi connectivity index (χ1n) is 5.87. The van der Waals surface area contributed by atoms with Crippen LogP contribution in [0.25, 0.3) is 0 Å². The Morgan fingerprint density at radius 1 is 1.25 bits per heavy atom. The number of ether oxygens (including phenoxy) is 1. The third-order valence-corrected chi connectivity index (χ3v) is 3.12. The van der Waals surface area contributed by atoms with Gasteiger partial charge in [0, 0.05) is 13.1 Å². The normalized spacial score (nSPS) is 10.4. The lowest BCUT2D eigenvalue weighted by Crippen LogP contribution is -2.24. The molecule has 0 aliphatic rings. The van der Waals surface area contributed by atoms with Crippen molar-refractivity contribution in [3.05, 3.63) is 0 Å². The number of nitrogens with zero attached hydrogens (tertiary/aromatic N) is 2. The minimum atomic E-state index is 0.513. The van der Waals surface area contributed by atoms with E-state index in [1.54, 1.807) is 0 Å². The second-order valence-corrected chi connectivity index (χ2v) is 4.37. The van der Waals surface area contributed by atoms with E-state index in [1.165, 1.54) is 11.5 Å². The highest BCUT2D eigenvalue weighted by Gasteiger charge is 2.17. The summed E-state index contributed by atoms with van der Waals surface area (Å²) < 4.78 is 9.74. The fraction of sp³-hybridized carbons (Fsp3) is 0.727. The maximum Gasteiger partial charge on any atom is 0.197 e. The number of nitrogen functional groups attached to an aromatic ring is 1. The maximum absolute atomic E-state index is 5.81. The molecular formula is C11H21N3OS. The van der Waals surface area contributed by atoms with Gasteiger partial charge in [0.15, 0.2) is 16.6 Å². The minimum absolute atomic E-state index is 0.513. The number of aromatic nitrogens is 1. The lowest BCUT2D eigenvalue weighted by molar-refractivity contribution is 0.343. The molecule has 0 fully saturated rings. The van der Waals surface area contributed by atoms with Gasteiger partial charge in [-0.1, -0.05) is 13.8 Å². The van der Waals surface area contributed by atoms with Gasteiger partial charge in [0.1, 0.15) is 0 Å². The van der Waals surface area contributed by atoms with Crippen molar-refractivity contribution in [3.63, 3.8) is 0 Å². The van der Waals surface area contributed by atoms with E-state index in [0.29, 0.717) is 12.4 Å². The van der Waals surface area contributed by atoms with Crippen LogP contribution in [0.4, 0.5) is 10.8 Å². The van der Waals surface area contributed by atoms with Gasteiger partial charge in [-0.3, -0.25) is 0 Å². The smallest absolute Gasteiger partial charge is 0.197 e. The molecule has 92 valence electrons. The first-order chi connectivity index (χ1) is 7.74. The lowest BCUT2D eigenvalue weighted by Gasteiger charge is -2.22. The zero-order valence-electron chi connectivity index (χ0n) is 10.3. The van der Waals surface area contributed by atoms with Crippen LogP contribution in [0.1, 0.15) is 33.6 Å². The minimum Gasteiger partial charge on any atom is -0.487 e. The van der Waals surface area contributed by atoms with Crippen LogP contribution in [0.15, 0.2) is 0 Å². The molecule has 2 N–H and O–H groups in total. The van der Waals surface area contributed by atoms with Crippen LogP contribution in [0.3, 0.4) is 0 Å². The van der Waals surface area contributed by atoms with Crippen molar-refractivity contribution in [2.45, 2.75) is 33.6 Å². The summed E-state index contributed by atoms with van der Waals surface area (Å²) in [5.41, 5.74) is 5.81. The molecule has 0 radical (unpaired) electrons. The molecule has 5 heteroatoms. The fourth-order valence-corrected chi connectivity index (χ4v) is 2.43. The quantitative estimate of drug-likeness (QED) is 0.800. The number of anilines is 2. The van der Waals surface area contributed by atoms with Crippen LogP contribution in [0.5, 0.6) is 5.75 Å². The SMILES string of the molecule is CCCN(CCC)c1snc(N)c1OCC. The van der Waals surface area contributed by atoms with E-state index in [-0.39, 0.29) is 0 Å². The van der Waals surface area contributed by atoms with E-state index < -0.39 is 0 Å². The summed E-state index contributed by atoms with van der Waals surface area (Å²) >= 11 is 1.43. The van der Waals surface area contributed by atoms with Gasteiger partial charge >= 0.3 is 0 Å². The van der Waals surface area contributed by atoms with E-state index in [4.69, 9.17) is 10.5 Å². The Hall–Kier alpha value is -0.970. The molecule has 0 aliphatic carbocycles. The molecule has 0 saturated heterocycles. The van der Waals surface area contributed by atoms with E-state index >= 15 is 0 Å². The highest BCUT2D eigenvalue weighted by Crippen LogP contribution is 2.38. The van der Waals surface area contributed by atoms with Crippen molar-refractivity contribution in [2.24, 2.45) is 0 Å². The van der Waals surface area contributed by atoms with Crippen LogP contribution in [0, 0.1) is 0 Å². The Bertz CT molecular complexity index is 308. The molecule has 16 heavy (non-hydrogen) atoms. The maximum atomic E-state index is 5.81. The molecule has 0 amide bonds. The molecule has 0 spiro atoms. The predicted octanol–water partition coefficient (Wildman–Crippen LogP) is 2.75. The number of nitrogens with two attached hydrogens (primary N) is 1. The van der Waals surface area contributed by atoms with Crippen LogP contribution in [0.2, 0.25) is 0 Å². The summed E-state index contributed by atoms with van der Waals surface area (Å²) in [6.07, 6.45) is 2.23. The number of rotatable bonds is 7. The molecular weight excluding hydrogens is 222 g/mol. The predicted molar refractivity (Wildman–Crippen MR) is 70.5 cm³/mol. The van der Waals surface area contributed by atoms with E-state index in [0.717, 1.165) is 36.7 Å². The number of hydrogen-bond donors (Lipinski definition) is 1. The van der Waals surface area contributed by atoms with Gasteiger partial charge in [-0.05, 0) is 31.3 Å². The molecule has 0 unspecified atom stereocenters. The third kappa shape index (κ3) is 3.01. The molecule has 1 aromatic heterocycles. The summed E-state index contributed by atoms with van der Waals surface area (Å²) in [6, 6.07) is 0. The molecule has 0 atom stereocenters. The fourth-order valence-electron chi connectivity index (χ4n) is 1.62. The summed E-state index contributed by atoms with van der Waals surface area (Å²) in [6.45, 7) is 8.98. The van der Waals surface area contributed by atoms with Crippen LogP contribution >= 0.6 is 11.5 Å². The van der Waals surface area contributed by atoms with E-state index in [1.807, 2.05) is 6.92 Å². The Morgan fingerprint density at radius 2 is 1.88 bits per heavy atom. The summed E-state index contributed by atoms with van der Waals surface area (Å²) in [7, 11) is 0. The average Bonchev–Trinajstić information content (AvgIpc) is 2.61. The summed E-state index contributed by atoms with van der Waals surface area (Å²) in [5, 5.41) is 1.07. The van der Waals surface area contributed by atoms with Gasteiger partial charge in [-0.2, -0.15) is 4.37 Å². The Morgan fingerprint density at radius 3 is 2.38 bits per heavy atom. The first kappa shape index (κ1) is 13.1. The molecule has 0 aliphatic heterocycles. The van der Waals surface area contributed by atoms with Gasteiger partial charge in [0.2, 0.25) is 0 Å². The van der Waals surface area contributed by atoms with Crippen molar-refractivity contribution in [2.75, 3.05) is 30.3 Å². The molecule has 1 rings (SSSR count). The molecule has 1 heterocycles. The molecule has 0 saturated carbocycles. The van der Waals surface area contributed by atoms with Crippen molar-refractivity contribution in [1.29, 1.82) is 0 Å². The zero-order chi connectivity index (χ0) is 12.0. The second-order valence-electron chi connectivity index (χ2n) is 3.62. The topological polar surface area (TPSA) is 51.4 Å². The van der Waals surface area contributed by atoms with Crippen molar-refractivity contribution < 1.29 is 4.74 Å². The van der Waals surface area contributed by atoms with Gasteiger partial charge in [-0.25, -0.2) is 0 Å². The van der Waals surface area contributed by atoms with E-state index in [9.17, 15) is 0 Å². The summed E-state index contributed by atoms with van der Waals surface area (Å²) in [4.78, 5) is 2.30. The Kier molecular flexibility index (Phi) is 5.38. The molecule has 0 aromatic carbocycles. The second kappa shape index (κ2) is 6.58. The highest BCUT2D eigenvalue weighted by atomic mass is 32.1. The average molecular weight is 243 g/mol. The van der Waals surface area contributed by atoms with Crippen LogP contribution < -0.4 is 15.4 Å². The Balaban J connectivity index is 2.89. The Labute approximate surface area is 102 Å².